The summed E-state index contributed by atoms with van der Waals surface area (Å²) in [5.41, 5.74) is 6.11. The maximum absolute atomic E-state index is 12.2. The number of ether oxygens (including phenoxy) is 1. The molecule has 1 aliphatic carbocycles. The molecule has 7 heteroatoms. The van der Waals surface area contributed by atoms with Crippen LogP contribution in [-0.2, 0) is 4.74 Å². The SMILES string of the molecule is O=C(NCCC#Cc1cnc2ccc(Cl)nn12)OCC1c2ccccc2-c2ccccc21. The number of imidazole rings is 1. The first-order chi connectivity index (χ1) is 15.7. The van der Waals surface area contributed by atoms with Crippen molar-refractivity contribution in [1.82, 2.24) is 19.9 Å². The minimum absolute atomic E-state index is 0.0439. The lowest BCUT2D eigenvalue weighted by Gasteiger charge is -2.14. The maximum Gasteiger partial charge on any atom is 0.407 e. The average molecular weight is 443 g/mol. The molecule has 0 atom stereocenters. The second-order valence-electron chi connectivity index (χ2n) is 7.37. The van der Waals surface area contributed by atoms with Crippen molar-refractivity contribution in [3.63, 3.8) is 0 Å². The molecule has 6 nitrogen and oxygen atoms in total. The number of carbonyl (C=O) groups is 1. The normalized spacial score (nSPS) is 12.0. The molecule has 0 unspecified atom stereocenters. The molecule has 2 aromatic carbocycles. The first-order valence-electron chi connectivity index (χ1n) is 10.3. The predicted octanol–water partition coefficient (Wildman–Crippen LogP) is 4.66. The largest absolute Gasteiger partial charge is 0.449 e. The third-order valence-electron chi connectivity index (χ3n) is 5.41. The Balaban J connectivity index is 1.15. The maximum atomic E-state index is 12.2. The molecule has 2 heterocycles. The molecule has 32 heavy (non-hydrogen) atoms. The summed E-state index contributed by atoms with van der Waals surface area (Å²) in [7, 11) is 0. The van der Waals surface area contributed by atoms with Crippen molar-refractivity contribution < 1.29 is 9.53 Å². The van der Waals surface area contributed by atoms with Gasteiger partial charge in [-0.25, -0.2) is 14.3 Å². The van der Waals surface area contributed by atoms with E-state index in [4.69, 9.17) is 16.3 Å². The standard InChI is InChI=1S/C25H19ClN4O2/c26-23-12-13-24-28-15-17(30(24)29-23)7-5-6-14-27-25(31)32-16-22-20-10-3-1-8-18(20)19-9-2-4-11-21(19)22/h1-4,8-13,15,22H,6,14,16H2,(H,27,31). The molecule has 2 aromatic heterocycles. The Morgan fingerprint density at radius 3 is 2.53 bits per heavy atom. The van der Waals surface area contributed by atoms with E-state index in [1.54, 1.807) is 22.8 Å². The number of carbonyl (C=O) groups excluding carboxylic acids is 1. The predicted molar refractivity (Wildman–Crippen MR) is 123 cm³/mol. The molecular weight excluding hydrogens is 424 g/mol. The van der Waals surface area contributed by atoms with Crippen LogP contribution in [0.15, 0.2) is 66.9 Å². The number of rotatable bonds is 4. The van der Waals surface area contributed by atoms with E-state index < -0.39 is 6.09 Å². The van der Waals surface area contributed by atoms with Gasteiger partial charge in [0.1, 0.15) is 17.5 Å². The van der Waals surface area contributed by atoms with Crippen molar-refractivity contribution in [1.29, 1.82) is 0 Å². The fourth-order valence-corrected chi connectivity index (χ4v) is 4.10. The van der Waals surface area contributed by atoms with Gasteiger partial charge in [-0.05, 0) is 40.3 Å². The lowest BCUT2D eigenvalue weighted by atomic mass is 9.98. The number of alkyl carbamates (subject to hydrolysis) is 1. The molecule has 0 saturated heterocycles. The van der Waals surface area contributed by atoms with Crippen LogP contribution in [0.4, 0.5) is 4.79 Å². The van der Waals surface area contributed by atoms with E-state index in [1.165, 1.54) is 22.3 Å². The summed E-state index contributed by atoms with van der Waals surface area (Å²) in [5.74, 6) is 6.06. The van der Waals surface area contributed by atoms with E-state index in [1.807, 2.05) is 24.3 Å². The molecule has 4 aromatic rings. The van der Waals surface area contributed by atoms with Crippen LogP contribution in [-0.4, -0.2) is 33.8 Å². The number of amides is 1. The van der Waals surface area contributed by atoms with Gasteiger partial charge in [0.2, 0.25) is 0 Å². The zero-order valence-electron chi connectivity index (χ0n) is 17.1. The molecule has 0 spiro atoms. The average Bonchev–Trinajstić information content (AvgIpc) is 3.36. The Kier molecular flexibility index (Phi) is 5.49. The van der Waals surface area contributed by atoms with Gasteiger partial charge in [-0.15, -0.1) is 0 Å². The number of nitrogens with one attached hydrogen (secondary N) is 1. The lowest BCUT2D eigenvalue weighted by molar-refractivity contribution is 0.143. The molecule has 0 radical (unpaired) electrons. The Morgan fingerprint density at radius 2 is 1.78 bits per heavy atom. The first-order valence-corrected chi connectivity index (χ1v) is 10.7. The van der Waals surface area contributed by atoms with Gasteiger partial charge < -0.3 is 10.1 Å². The summed E-state index contributed by atoms with van der Waals surface area (Å²) in [4.78, 5) is 16.4. The van der Waals surface area contributed by atoms with Gasteiger partial charge in [-0.3, -0.25) is 0 Å². The van der Waals surface area contributed by atoms with Crippen LogP contribution in [0.25, 0.3) is 16.8 Å². The second kappa shape index (κ2) is 8.74. The van der Waals surface area contributed by atoms with E-state index >= 15 is 0 Å². The van der Waals surface area contributed by atoms with Gasteiger partial charge >= 0.3 is 6.09 Å². The molecular formula is C25H19ClN4O2. The van der Waals surface area contributed by atoms with Gasteiger partial charge in [0.05, 0.1) is 6.20 Å². The number of hydrogen-bond acceptors (Lipinski definition) is 4. The fourth-order valence-electron chi connectivity index (χ4n) is 3.97. The number of hydrogen-bond donors (Lipinski definition) is 1. The summed E-state index contributed by atoms with van der Waals surface area (Å²) in [5, 5.41) is 7.31. The topological polar surface area (TPSA) is 68.5 Å². The highest BCUT2D eigenvalue weighted by Crippen LogP contribution is 2.44. The van der Waals surface area contributed by atoms with E-state index in [-0.39, 0.29) is 5.92 Å². The minimum atomic E-state index is -0.447. The van der Waals surface area contributed by atoms with Crippen molar-refractivity contribution in [2.75, 3.05) is 13.2 Å². The molecule has 0 aliphatic heterocycles. The van der Waals surface area contributed by atoms with Crippen molar-refractivity contribution in [2.24, 2.45) is 0 Å². The molecule has 1 N–H and O–H groups in total. The summed E-state index contributed by atoms with van der Waals surface area (Å²) in [6, 6.07) is 20.0. The van der Waals surface area contributed by atoms with Gasteiger partial charge in [0.15, 0.2) is 5.65 Å². The van der Waals surface area contributed by atoms with Gasteiger partial charge in [-0.2, -0.15) is 5.10 Å². The van der Waals surface area contributed by atoms with Crippen molar-refractivity contribution >= 4 is 23.3 Å². The summed E-state index contributed by atoms with van der Waals surface area (Å²) >= 11 is 5.93. The second-order valence-corrected chi connectivity index (χ2v) is 7.76. The van der Waals surface area contributed by atoms with Crippen molar-refractivity contribution in [2.45, 2.75) is 12.3 Å². The van der Waals surface area contributed by atoms with E-state index in [0.717, 1.165) is 0 Å². The molecule has 5 rings (SSSR count). The highest BCUT2D eigenvalue weighted by Gasteiger charge is 2.28. The number of halogens is 1. The van der Waals surface area contributed by atoms with E-state index in [9.17, 15) is 4.79 Å². The highest BCUT2D eigenvalue weighted by molar-refractivity contribution is 6.29. The number of nitrogens with zero attached hydrogens (tertiary/aromatic N) is 3. The number of benzene rings is 2. The zero-order chi connectivity index (χ0) is 21.9. The molecule has 1 amide bonds. The van der Waals surface area contributed by atoms with Gasteiger partial charge in [-0.1, -0.05) is 66.1 Å². The van der Waals surface area contributed by atoms with Crippen LogP contribution < -0.4 is 5.32 Å². The van der Waals surface area contributed by atoms with Crippen LogP contribution in [0, 0.1) is 11.8 Å². The van der Waals surface area contributed by atoms with Crippen molar-refractivity contribution in [3.8, 4) is 23.0 Å². The Labute approximate surface area is 190 Å². The van der Waals surface area contributed by atoms with Crippen LogP contribution in [0.1, 0.15) is 29.2 Å². The van der Waals surface area contributed by atoms with E-state index in [0.29, 0.717) is 36.1 Å². The van der Waals surface area contributed by atoms with Gasteiger partial charge in [0, 0.05) is 18.9 Å². The molecule has 1 aliphatic rings. The first kappa shape index (κ1) is 20.1. The van der Waals surface area contributed by atoms with E-state index in [2.05, 4.69) is 51.5 Å². The zero-order valence-corrected chi connectivity index (χ0v) is 17.8. The summed E-state index contributed by atoms with van der Waals surface area (Å²) in [6.07, 6.45) is 1.67. The van der Waals surface area contributed by atoms with Gasteiger partial charge in [0.25, 0.3) is 0 Å². The minimum Gasteiger partial charge on any atom is -0.449 e. The number of aromatic nitrogens is 3. The Morgan fingerprint density at radius 1 is 1.06 bits per heavy atom. The summed E-state index contributed by atoms with van der Waals surface area (Å²) in [6.45, 7) is 0.675. The third-order valence-corrected chi connectivity index (χ3v) is 5.61. The Bertz CT molecular complexity index is 1320. The van der Waals surface area contributed by atoms with Crippen LogP contribution in [0.2, 0.25) is 5.15 Å². The molecule has 0 fully saturated rings. The van der Waals surface area contributed by atoms with Crippen LogP contribution in [0.3, 0.4) is 0 Å². The Hall–Kier alpha value is -3.82. The molecule has 0 bridgehead atoms. The monoisotopic (exact) mass is 442 g/mol. The fraction of sp³-hybridized carbons (Fsp3) is 0.160. The third kappa shape index (κ3) is 3.91. The highest BCUT2D eigenvalue weighted by atomic mass is 35.5. The van der Waals surface area contributed by atoms with Crippen molar-refractivity contribution in [3.05, 3.63) is 88.8 Å². The molecule has 158 valence electrons. The molecule has 0 saturated carbocycles. The quantitative estimate of drug-likeness (QED) is 0.368. The van der Waals surface area contributed by atoms with Crippen LogP contribution >= 0.6 is 11.6 Å². The smallest absolute Gasteiger partial charge is 0.407 e. The summed E-state index contributed by atoms with van der Waals surface area (Å²) < 4.78 is 7.12. The van der Waals surface area contributed by atoms with Crippen LogP contribution in [0.5, 0.6) is 0 Å². The lowest BCUT2D eigenvalue weighted by Crippen LogP contribution is -2.26. The number of fused-ring (bicyclic) bond motifs is 4.